The van der Waals surface area contributed by atoms with Crippen LogP contribution >= 0.6 is 0 Å². The van der Waals surface area contributed by atoms with Crippen molar-refractivity contribution in [2.45, 2.75) is 138 Å². The Labute approximate surface area is 413 Å². The number of hydrogen-bond donors (Lipinski definition) is 0. The smallest absolute Gasteiger partial charge is 0.0184 e. The molecule has 0 unspecified atom stereocenters. The fourth-order valence-corrected chi connectivity index (χ4v) is 3.93. The van der Waals surface area contributed by atoms with E-state index in [9.17, 15) is 0 Å². The first kappa shape index (κ1) is 77.3. The van der Waals surface area contributed by atoms with E-state index in [0.29, 0.717) is 0 Å². The molecular formula is C66H102. The standard InChI is InChI=1S/C12H10.C10H8.4C6H6.10C2H6/c1-3-7-11(8-4-1)12-9-5-2-6-10-12;1-2-6-10-8-4-3-7-9(10)5-1;4*1-2-4-6-5-3-1;10*1-2/h1-10H;1-8H;4*1-6H;10*1-2H3. The van der Waals surface area contributed by atoms with Crippen molar-refractivity contribution in [1.82, 2.24) is 0 Å². The third kappa shape index (κ3) is 60.1. The maximum atomic E-state index is 2.12. The second kappa shape index (κ2) is 86.2. The van der Waals surface area contributed by atoms with E-state index in [1.165, 1.54) is 21.9 Å². The normalized spacial score (nSPS) is 7.09. The van der Waals surface area contributed by atoms with Crippen molar-refractivity contribution in [3.63, 3.8) is 0 Å². The first-order valence-electron chi connectivity index (χ1n) is 25.5. The Bertz CT molecular complexity index is 1400. The minimum absolute atomic E-state index is 1.28. The summed E-state index contributed by atoms with van der Waals surface area (Å²) < 4.78 is 0. The highest BCUT2D eigenvalue weighted by atomic mass is 14.0. The van der Waals surface area contributed by atoms with Crippen LogP contribution in [0.25, 0.3) is 21.9 Å². The van der Waals surface area contributed by atoms with Crippen LogP contribution < -0.4 is 0 Å². The minimum atomic E-state index is 1.28. The highest BCUT2D eigenvalue weighted by molar-refractivity contribution is 5.82. The van der Waals surface area contributed by atoms with Crippen molar-refractivity contribution in [2.24, 2.45) is 0 Å². The third-order valence-electron chi connectivity index (χ3n) is 6.21. The molecule has 0 nitrogen and oxygen atoms in total. The van der Waals surface area contributed by atoms with Crippen molar-refractivity contribution >= 4 is 10.8 Å². The van der Waals surface area contributed by atoms with Crippen LogP contribution in [0.3, 0.4) is 0 Å². The molecule has 66 heavy (non-hydrogen) atoms. The van der Waals surface area contributed by atoms with Crippen LogP contribution in [0.15, 0.2) is 255 Å². The van der Waals surface area contributed by atoms with Gasteiger partial charge in [0.15, 0.2) is 0 Å². The van der Waals surface area contributed by atoms with E-state index in [4.69, 9.17) is 0 Å². The molecule has 0 saturated carbocycles. The van der Waals surface area contributed by atoms with Gasteiger partial charge in [-0.1, -0.05) is 393 Å². The maximum Gasteiger partial charge on any atom is -0.0184 e. The van der Waals surface area contributed by atoms with Gasteiger partial charge >= 0.3 is 0 Å². The molecule has 0 spiro atoms. The van der Waals surface area contributed by atoms with Crippen LogP contribution in [0, 0.1) is 0 Å². The van der Waals surface area contributed by atoms with Crippen LogP contribution in [0.5, 0.6) is 0 Å². The molecule has 0 aliphatic carbocycles. The van der Waals surface area contributed by atoms with Crippen molar-refractivity contribution in [3.8, 4) is 11.1 Å². The van der Waals surface area contributed by atoms with Gasteiger partial charge in [-0.15, -0.1) is 0 Å². The van der Waals surface area contributed by atoms with E-state index in [1.807, 2.05) is 296 Å². The molecule has 0 aliphatic rings. The quantitative estimate of drug-likeness (QED) is 0.154. The summed E-state index contributed by atoms with van der Waals surface area (Å²) in [5, 5.41) is 2.62. The van der Waals surface area contributed by atoms with Crippen molar-refractivity contribution in [3.05, 3.63) is 255 Å². The third-order valence-corrected chi connectivity index (χ3v) is 6.21. The zero-order valence-corrected chi connectivity index (χ0v) is 46.2. The lowest BCUT2D eigenvalue weighted by Crippen LogP contribution is -1.73. The minimum Gasteiger partial charge on any atom is -0.0683 e. The van der Waals surface area contributed by atoms with E-state index in [-0.39, 0.29) is 0 Å². The van der Waals surface area contributed by atoms with E-state index < -0.39 is 0 Å². The lowest BCUT2D eigenvalue weighted by atomic mass is 10.1. The molecule has 0 fully saturated rings. The molecule has 0 heterocycles. The SMILES string of the molecule is CC.CC.CC.CC.CC.CC.CC.CC.CC.CC.c1ccc(-c2ccccc2)cc1.c1ccc2ccccc2c1.c1ccccc1.c1ccccc1.c1ccccc1.c1ccccc1. The van der Waals surface area contributed by atoms with Gasteiger partial charge in [0.2, 0.25) is 0 Å². The fourth-order valence-electron chi connectivity index (χ4n) is 3.93. The molecule has 0 saturated heterocycles. The second-order valence-electron chi connectivity index (χ2n) is 9.70. The largest absolute Gasteiger partial charge is 0.0683 e. The summed E-state index contributed by atoms with van der Waals surface area (Å²) in [5.41, 5.74) is 2.55. The molecule has 0 atom stereocenters. The number of benzene rings is 8. The highest BCUT2D eigenvalue weighted by Gasteiger charge is 1.91. The average molecular weight is 896 g/mol. The van der Waals surface area contributed by atoms with Crippen molar-refractivity contribution in [2.75, 3.05) is 0 Å². The van der Waals surface area contributed by atoms with Crippen LogP contribution in [0.4, 0.5) is 0 Å². The topological polar surface area (TPSA) is 0 Å². The molecular weight excluding hydrogens is 793 g/mol. The number of fused-ring (bicyclic) bond motifs is 1. The van der Waals surface area contributed by atoms with Crippen LogP contribution in [-0.4, -0.2) is 0 Å². The van der Waals surface area contributed by atoms with E-state index in [1.54, 1.807) is 0 Å². The molecule has 0 aromatic heterocycles. The van der Waals surface area contributed by atoms with Gasteiger partial charge in [-0.25, -0.2) is 0 Å². The number of hydrogen-bond acceptors (Lipinski definition) is 0. The molecule has 0 N–H and O–H groups in total. The monoisotopic (exact) mass is 895 g/mol. The van der Waals surface area contributed by atoms with E-state index in [0.717, 1.165) is 0 Å². The summed E-state index contributed by atoms with van der Waals surface area (Å²) in [4.78, 5) is 0. The summed E-state index contributed by atoms with van der Waals surface area (Å²) in [6.45, 7) is 40.0. The molecule has 0 radical (unpaired) electrons. The Balaban J connectivity index is -0.0000000960. The van der Waals surface area contributed by atoms with E-state index in [2.05, 4.69) is 97.1 Å². The van der Waals surface area contributed by atoms with Crippen LogP contribution in [0.1, 0.15) is 138 Å². The van der Waals surface area contributed by atoms with Crippen molar-refractivity contribution < 1.29 is 0 Å². The summed E-state index contributed by atoms with van der Waals surface area (Å²) >= 11 is 0. The lowest BCUT2D eigenvalue weighted by molar-refractivity contribution is 1.50. The van der Waals surface area contributed by atoms with Gasteiger partial charge in [-0.3, -0.25) is 0 Å². The Kier molecular flexibility index (Phi) is 101. The predicted molar refractivity (Wildman–Crippen MR) is 315 cm³/mol. The predicted octanol–water partition coefficient (Wildman–Crippen LogP) is 23.2. The van der Waals surface area contributed by atoms with Gasteiger partial charge in [0, 0.05) is 0 Å². The molecule has 0 heteroatoms. The molecule has 8 aromatic rings. The van der Waals surface area contributed by atoms with Crippen LogP contribution in [-0.2, 0) is 0 Å². The second-order valence-corrected chi connectivity index (χ2v) is 9.70. The summed E-state index contributed by atoms with van der Waals surface area (Å²) in [5.74, 6) is 0. The first-order chi connectivity index (χ1) is 32.9. The Morgan fingerprint density at radius 1 is 0.121 bits per heavy atom. The van der Waals surface area contributed by atoms with Gasteiger partial charge in [-0.05, 0) is 21.9 Å². The van der Waals surface area contributed by atoms with Gasteiger partial charge < -0.3 is 0 Å². The Morgan fingerprint density at radius 2 is 0.212 bits per heavy atom. The van der Waals surface area contributed by atoms with Gasteiger partial charge in [0.1, 0.15) is 0 Å². The lowest BCUT2D eigenvalue weighted by Gasteiger charge is -1.98. The number of rotatable bonds is 1. The molecule has 8 rings (SSSR count). The average Bonchev–Trinajstić information content (AvgIpc) is 3.49. The zero-order chi connectivity index (χ0) is 52.0. The summed E-state index contributed by atoms with van der Waals surface area (Å²) in [6.07, 6.45) is 0. The summed E-state index contributed by atoms with van der Waals surface area (Å²) in [7, 11) is 0. The Hall–Kier alpha value is -5.98. The van der Waals surface area contributed by atoms with E-state index >= 15 is 0 Å². The zero-order valence-electron chi connectivity index (χ0n) is 46.2. The van der Waals surface area contributed by atoms with Gasteiger partial charge in [0.05, 0.1) is 0 Å². The summed E-state index contributed by atoms with van der Waals surface area (Å²) in [6, 6.07) is 85.5. The highest BCUT2D eigenvalue weighted by Crippen LogP contribution is 2.17. The molecule has 366 valence electrons. The van der Waals surface area contributed by atoms with Gasteiger partial charge in [-0.2, -0.15) is 0 Å². The Morgan fingerprint density at radius 3 is 0.333 bits per heavy atom. The molecule has 0 aliphatic heterocycles. The van der Waals surface area contributed by atoms with Crippen molar-refractivity contribution in [1.29, 1.82) is 0 Å². The maximum absolute atomic E-state index is 2.12. The van der Waals surface area contributed by atoms with Gasteiger partial charge in [0.25, 0.3) is 0 Å². The molecule has 8 aromatic carbocycles. The first-order valence-corrected chi connectivity index (χ1v) is 25.5. The fraction of sp³-hybridized carbons (Fsp3) is 0.303. The molecule has 0 amide bonds. The van der Waals surface area contributed by atoms with Crippen LogP contribution in [0.2, 0.25) is 0 Å². The molecule has 0 bridgehead atoms.